The van der Waals surface area contributed by atoms with E-state index in [0.29, 0.717) is 17.2 Å². The average Bonchev–Trinajstić information content (AvgIpc) is 2.92. The van der Waals surface area contributed by atoms with Crippen molar-refractivity contribution in [1.82, 2.24) is 20.2 Å². The maximum Gasteiger partial charge on any atom is 0.338 e. The average molecular weight is 313 g/mol. The number of tetrazole rings is 1. The molecule has 2 heterocycles. The summed E-state index contributed by atoms with van der Waals surface area (Å²) in [6, 6.07) is 9.23. The summed E-state index contributed by atoms with van der Waals surface area (Å²) in [7, 11) is 0. The van der Waals surface area contributed by atoms with Crippen LogP contribution >= 0.6 is 0 Å². The Morgan fingerprint density at radius 1 is 1.26 bits per heavy atom. The van der Waals surface area contributed by atoms with Crippen LogP contribution < -0.4 is 5.32 Å². The van der Waals surface area contributed by atoms with E-state index in [-0.39, 0.29) is 5.97 Å². The van der Waals surface area contributed by atoms with E-state index in [4.69, 9.17) is 4.74 Å². The van der Waals surface area contributed by atoms with E-state index in [0.717, 1.165) is 5.56 Å². The van der Waals surface area contributed by atoms with Crippen molar-refractivity contribution in [2.75, 3.05) is 5.32 Å². The van der Waals surface area contributed by atoms with Crippen molar-refractivity contribution < 1.29 is 9.53 Å². The van der Waals surface area contributed by atoms with E-state index >= 15 is 0 Å². The molecule has 0 saturated carbocycles. The minimum Gasteiger partial charge on any atom is -0.456 e. The number of esters is 1. The predicted octanol–water partition coefficient (Wildman–Crippen LogP) is 2.30. The number of carbonyl (C=O) groups excluding carboxylic acids is 1. The summed E-state index contributed by atoms with van der Waals surface area (Å²) < 4.78 is 7.17. The second-order valence-corrected chi connectivity index (χ2v) is 6.43. The smallest absolute Gasteiger partial charge is 0.338 e. The Morgan fingerprint density at radius 2 is 1.96 bits per heavy atom. The lowest BCUT2D eigenvalue weighted by atomic mass is 9.95. The van der Waals surface area contributed by atoms with Crippen LogP contribution in [0.5, 0.6) is 0 Å². The molecule has 0 aliphatic carbocycles. The highest BCUT2D eigenvalue weighted by Gasteiger charge is 2.36. The summed E-state index contributed by atoms with van der Waals surface area (Å²) in [5.74, 6) is 0.126. The molecule has 0 bridgehead atoms. The fraction of sp³-hybridized carbons (Fsp3) is 0.375. The standard InChI is InChI=1S/C16H19N5O2/c1-10-12(14(22)23-16(2,3)4)13(11-8-6-5-7-9-11)21-15(17-10)18-19-20-21/h5-9,13H,1-4H3,(H,17,18,20). The normalized spacial score (nSPS) is 17.5. The Morgan fingerprint density at radius 3 is 2.61 bits per heavy atom. The van der Waals surface area contributed by atoms with Gasteiger partial charge in [-0.2, -0.15) is 4.68 Å². The summed E-state index contributed by atoms with van der Waals surface area (Å²) in [5, 5.41) is 14.8. The van der Waals surface area contributed by atoms with Crippen molar-refractivity contribution in [2.24, 2.45) is 0 Å². The van der Waals surface area contributed by atoms with Gasteiger partial charge < -0.3 is 10.1 Å². The molecule has 120 valence electrons. The molecule has 0 spiro atoms. The zero-order chi connectivity index (χ0) is 16.6. The first kappa shape index (κ1) is 15.2. The number of hydrogen-bond donors (Lipinski definition) is 1. The van der Waals surface area contributed by atoms with Crippen molar-refractivity contribution in [3.05, 3.63) is 47.2 Å². The van der Waals surface area contributed by atoms with Crippen LogP contribution in [0.4, 0.5) is 5.95 Å². The van der Waals surface area contributed by atoms with Crippen LogP contribution in [0.3, 0.4) is 0 Å². The van der Waals surface area contributed by atoms with Gasteiger partial charge in [-0.3, -0.25) is 0 Å². The first-order valence-electron chi connectivity index (χ1n) is 7.41. The molecule has 0 amide bonds. The Kier molecular flexibility index (Phi) is 3.63. The minimum atomic E-state index is -0.577. The minimum absolute atomic E-state index is 0.377. The number of benzene rings is 1. The Hall–Kier alpha value is -2.70. The number of fused-ring (bicyclic) bond motifs is 1. The van der Waals surface area contributed by atoms with Crippen molar-refractivity contribution in [2.45, 2.75) is 39.3 Å². The monoisotopic (exact) mass is 313 g/mol. The van der Waals surface area contributed by atoms with E-state index in [1.54, 1.807) is 4.68 Å². The van der Waals surface area contributed by atoms with Gasteiger partial charge in [0.2, 0.25) is 5.95 Å². The molecule has 1 aliphatic heterocycles. The number of carbonyl (C=O) groups is 1. The van der Waals surface area contributed by atoms with Gasteiger partial charge in [0.25, 0.3) is 0 Å². The number of nitrogens with one attached hydrogen (secondary N) is 1. The third kappa shape index (κ3) is 2.94. The summed E-state index contributed by atoms with van der Waals surface area (Å²) in [5.41, 5.74) is 1.54. The van der Waals surface area contributed by atoms with Gasteiger partial charge in [0.05, 0.1) is 5.57 Å². The van der Waals surface area contributed by atoms with E-state index in [9.17, 15) is 4.79 Å². The van der Waals surface area contributed by atoms with Gasteiger partial charge >= 0.3 is 5.97 Å². The predicted molar refractivity (Wildman–Crippen MR) is 84.6 cm³/mol. The lowest BCUT2D eigenvalue weighted by Crippen LogP contribution is -2.33. The highest BCUT2D eigenvalue weighted by Crippen LogP contribution is 2.35. The number of aromatic nitrogens is 4. The lowest BCUT2D eigenvalue weighted by Gasteiger charge is -2.29. The molecule has 23 heavy (non-hydrogen) atoms. The van der Waals surface area contributed by atoms with E-state index in [1.165, 1.54) is 0 Å². The molecule has 1 aromatic carbocycles. The molecule has 1 aliphatic rings. The summed E-state index contributed by atoms with van der Waals surface area (Å²) in [4.78, 5) is 12.7. The molecule has 0 saturated heterocycles. The number of allylic oxidation sites excluding steroid dienone is 1. The van der Waals surface area contributed by atoms with E-state index < -0.39 is 11.6 Å². The fourth-order valence-corrected chi connectivity index (χ4v) is 2.55. The van der Waals surface area contributed by atoms with Gasteiger partial charge in [-0.1, -0.05) is 35.4 Å². The Labute approximate surface area is 134 Å². The molecule has 0 fully saturated rings. The highest BCUT2D eigenvalue weighted by atomic mass is 16.6. The van der Waals surface area contributed by atoms with Gasteiger partial charge in [-0.15, -0.1) is 0 Å². The summed E-state index contributed by atoms with van der Waals surface area (Å²) >= 11 is 0. The number of hydrogen-bond acceptors (Lipinski definition) is 6. The summed E-state index contributed by atoms with van der Waals surface area (Å²) in [6.07, 6.45) is 0. The van der Waals surface area contributed by atoms with Crippen LogP contribution in [0.1, 0.15) is 39.3 Å². The lowest BCUT2D eigenvalue weighted by molar-refractivity contribution is -0.150. The Bertz CT molecular complexity index is 758. The van der Waals surface area contributed by atoms with Crippen LogP contribution in [0.25, 0.3) is 0 Å². The van der Waals surface area contributed by atoms with E-state index in [1.807, 2.05) is 58.0 Å². The largest absolute Gasteiger partial charge is 0.456 e. The highest BCUT2D eigenvalue weighted by molar-refractivity contribution is 5.92. The SMILES string of the molecule is CC1=C(C(=O)OC(C)(C)C)C(c2ccccc2)n2nnnc2N1. The van der Waals surface area contributed by atoms with Crippen LogP contribution in [-0.2, 0) is 9.53 Å². The van der Waals surface area contributed by atoms with Crippen molar-refractivity contribution >= 4 is 11.9 Å². The maximum atomic E-state index is 12.7. The molecule has 0 radical (unpaired) electrons. The van der Waals surface area contributed by atoms with Crippen molar-refractivity contribution in [1.29, 1.82) is 0 Å². The van der Waals surface area contributed by atoms with E-state index in [2.05, 4.69) is 20.8 Å². The van der Waals surface area contributed by atoms with Crippen molar-refractivity contribution in [3.63, 3.8) is 0 Å². The number of ether oxygens (including phenoxy) is 1. The van der Waals surface area contributed by atoms with Gasteiger partial charge in [-0.25, -0.2) is 4.79 Å². The molecule has 1 atom stereocenters. The fourth-order valence-electron chi connectivity index (χ4n) is 2.55. The van der Waals surface area contributed by atoms with Crippen LogP contribution in [0.15, 0.2) is 41.6 Å². The zero-order valence-corrected chi connectivity index (χ0v) is 13.6. The topological polar surface area (TPSA) is 81.9 Å². The maximum absolute atomic E-state index is 12.7. The molecule has 7 nitrogen and oxygen atoms in total. The Balaban J connectivity index is 2.09. The third-order valence-electron chi connectivity index (χ3n) is 3.45. The molecule has 2 aromatic rings. The molecule has 3 rings (SSSR count). The number of nitrogens with zero attached hydrogens (tertiary/aromatic N) is 4. The zero-order valence-electron chi connectivity index (χ0n) is 13.6. The van der Waals surface area contributed by atoms with Gasteiger partial charge in [0.1, 0.15) is 11.6 Å². The van der Waals surface area contributed by atoms with Crippen LogP contribution in [-0.4, -0.2) is 31.8 Å². The third-order valence-corrected chi connectivity index (χ3v) is 3.45. The number of anilines is 1. The summed E-state index contributed by atoms with van der Waals surface area (Å²) in [6.45, 7) is 7.36. The van der Waals surface area contributed by atoms with Crippen LogP contribution in [0.2, 0.25) is 0 Å². The molecule has 1 aromatic heterocycles. The first-order valence-corrected chi connectivity index (χ1v) is 7.41. The molecule has 1 N–H and O–H groups in total. The van der Waals surface area contributed by atoms with Crippen molar-refractivity contribution in [3.8, 4) is 0 Å². The first-order chi connectivity index (χ1) is 10.9. The van der Waals surface area contributed by atoms with Gasteiger partial charge in [0, 0.05) is 5.70 Å². The molecule has 7 heteroatoms. The van der Waals surface area contributed by atoms with Crippen LogP contribution in [0, 0.1) is 0 Å². The molecular weight excluding hydrogens is 294 g/mol. The molecule has 1 unspecified atom stereocenters. The van der Waals surface area contributed by atoms with Gasteiger partial charge in [0.15, 0.2) is 0 Å². The number of rotatable bonds is 2. The molecular formula is C16H19N5O2. The van der Waals surface area contributed by atoms with Gasteiger partial charge in [-0.05, 0) is 43.7 Å². The second kappa shape index (κ2) is 5.49. The quantitative estimate of drug-likeness (QED) is 0.857. The second-order valence-electron chi connectivity index (χ2n) is 6.43.